The molecular weight excluding hydrogens is 482 g/mol. The number of fused-ring (bicyclic) bond motifs is 3. The Bertz CT molecular complexity index is 1350. The molecule has 9 nitrogen and oxygen atoms in total. The van der Waals surface area contributed by atoms with E-state index in [0.717, 1.165) is 5.56 Å². The first-order valence-corrected chi connectivity index (χ1v) is 11.4. The number of anilines is 1. The van der Waals surface area contributed by atoms with Gasteiger partial charge in [-0.1, -0.05) is 23.7 Å². The average molecular weight is 503 g/mol. The van der Waals surface area contributed by atoms with Gasteiger partial charge in [-0.15, -0.1) is 0 Å². The highest BCUT2D eigenvalue weighted by Crippen LogP contribution is 2.29. The van der Waals surface area contributed by atoms with Crippen LogP contribution in [0.3, 0.4) is 0 Å². The zero-order valence-corrected chi connectivity index (χ0v) is 19.1. The number of carbonyl (C=O) groups excluding carboxylic acids is 3. The number of urea groups is 1. The molecule has 0 spiro atoms. The van der Waals surface area contributed by atoms with E-state index >= 15 is 0 Å². The molecule has 2 aliphatic rings. The Morgan fingerprint density at radius 1 is 1.29 bits per heavy atom. The van der Waals surface area contributed by atoms with Gasteiger partial charge in [0, 0.05) is 48.4 Å². The third kappa shape index (κ3) is 4.39. The summed E-state index contributed by atoms with van der Waals surface area (Å²) in [5, 5.41) is 8.60. The molecule has 182 valence electrons. The molecule has 0 radical (unpaired) electrons. The van der Waals surface area contributed by atoms with Gasteiger partial charge in [-0.05, 0) is 12.1 Å². The predicted molar refractivity (Wildman–Crippen MR) is 124 cm³/mol. The average Bonchev–Trinajstić information content (AvgIpc) is 3.43. The topological polar surface area (TPSA) is 108 Å². The summed E-state index contributed by atoms with van der Waals surface area (Å²) in [5.74, 6) is -1.67. The van der Waals surface area contributed by atoms with Crippen molar-refractivity contribution in [3.8, 4) is 0 Å². The fraction of sp³-hybridized carbons (Fsp3) is 0.304. The van der Waals surface area contributed by atoms with Gasteiger partial charge in [-0.2, -0.15) is 0 Å². The number of carbonyl (C=O) groups is 3. The highest BCUT2D eigenvalue weighted by atomic mass is 35.5. The molecule has 35 heavy (non-hydrogen) atoms. The molecule has 0 bridgehead atoms. The van der Waals surface area contributed by atoms with E-state index in [1.54, 1.807) is 29.1 Å². The summed E-state index contributed by atoms with van der Waals surface area (Å²) >= 11 is 5.77. The van der Waals surface area contributed by atoms with E-state index in [0.29, 0.717) is 23.3 Å². The fourth-order valence-corrected chi connectivity index (χ4v) is 4.65. The van der Waals surface area contributed by atoms with Crippen LogP contribution in [0.2, 0.25) is 5.02 Å². The number of halogens is 3. The van der Waals surface area contributed by atoms with Crippen LogP contribution in [-0.4, -0.2) is 51.1 Å². The fourth-order valence-electron chi connectivity index (χ4n) is 4.45. The van der Waals surface area contributed by atoms with Crippen LogP contribution >= 0.6 is 11.6 Å². The van der Waals surface area contributed by atoms with Crippen LogP contribution in [0.15, 0.2) is 36.7 Å². The number of hydrogen-bond acceptors (Lipinski definition) is 4. The number of alkyl halides is 1. The minimum atomic E-state index is -1.35. The molecule has 4 amide bonds. The van der Waals surface area contributed by atoms with Crippen LogP contribution < -0.4 is 16.0 Å². The maximum Gasteiger partial charge on any atom is 0.319 e. The van der Waals surface area contributed by atoms with E-state index < -0.39 is 29.8 Å². The molecule has 5 rings (SSSR count). The number of rotatable bonds is 5. The van der Waals surface area contributed by atoms with Gasteiger partial charge in [0.05, 0.1) is 17.3 Å². The van der Waals surface area contributed by atoms with Crippen LogP contribution in [-0.2, 0) is 29.2 Å². The summed E-state index contributed by atoms with van der Waals surface area (Å²) in [6, 6.07) is 4.83. The summed E-state index contributed by atoms with van der Waals surface area (Å²) in [5.41, 5.74) is 2.11. The summed E-state index contributed by atoms with van der Waals surface area (Å²) in [6.45, 7) is -0.179. The van der Waals surface area contributed by atoms with E-state index in [9.17, 15) is 23.2 Å². The van der Waals surface area contributed by atoms with E-state index in [4.69, 9.17) is 11.6 Å². The first kappa shape index (κ1) is 23.0. The Balaban J connectivity index is 1.31. The van der Waals surface area contributed by atoms with Gasteiger partial charge in [-0.25, -0.2) is 18.6 Å². The maximum absolute atomic E-state index is 14.3. The number of benzene rings is 1. The van der Waals surface area contributed by atoms with Gasteiger partial charge in [0.15, 0.2) is 0 Å². The molecule has 2 unspecified atom stereocenters. The number of amides is 4. The minimum absolute atomic E-state index is 0.0668. The van der Waals surface area contributed by atoms with E-state index in [1.165, 1.54) is 17.0 Å². The smallest absolute Gasteiger partial charge is 0.319 e. The second-order valence-electron chi connectivity index (χ2n) is 8.47. The molecule has 2 aliphatic heterocycles. The molecule has 3 aromatic rings. The number of aromatic nitrogens is 2. The molecule has 1 fully saturated rings. The van der Waals surface area contributed by atoms with Crippen molar-refractivity contribution in [2.24, 2.45) is 0 Å². The molecule has 12 heteroatoms. The first-order valence-electron chi connectivity index (χ1n) is 11.0. The van der Waals surface area contributed by atoms with E-state index in [-0.39, 0.29) is 42.7 Å². The lowest BCUT2D eigenvalue weighted by molar-refractivity contribution is -0.139. The molecule has 2 atom stereocenters. The Kier molecular flexibility index (Phi) is 6.01. The standard InChI is InChI=1S/C23H21ClF2N6O3/c24-16-3-1-2-12(19(16)26)7-28-22(34)17-6-14(25)10-32(17)18(33)11-31-5-4-15-20-13(8-27-21(15)31)9-29-23(35)30-20/h1-5,8,14,17H,6-7,9-11H2,(H,28,34)(H2,29,30,35). The molecule has 3 N–H and O–H groups in total. The van der Waals surface area contributed by atoms with Gasteiger partial charge in [-0.3, -0.25) is 9.59 Å². The van der Waals surface area contributed by atoms with Crippen LogP contribution in [0.1, 0.15) is 17.5 Å². The Morgan fingerprint density at radius 2 is 2.11 bits per heavy atom. The SMILES string of the molecule is O=C1NCc2cnc3c(ccn3CC(=O)N3CC(F)CC3C(=O)NCc3cccc(Cl)c3F)c2N1. The number of nitrogens with one attached hydrogen (secondary N) is 3. The zero-order chi connectivity index (χ0) is 24.7. The van der Waals surface area contributed by atoms with Crippen LogP contribution in [0, 0.1) is 5.82 Å². The van der Waals surface area contributed by atoms with Crippen molar-refractivity contribution in [2.75, 3.05) is 11.9 Å². The quantitative estimate of drug-likeness (QED) is 0.498. The van der Waals surface area contributed by atoms with Crippen LogP contribution in [0.4, 0.5) is 19.3 Å². The third-order valence-corrected chi connectivity index (χ3v) is 6.50. The van der Waals surface area contributed by atoms with Crippen molar-refractivity contribution in [1.82, 2.24) is 25.1 Å². The second kappa shape index (κ2) is 9.14. The van der Waals surface area contributed by atoms with E-state index in [1.807, 2.05) is 0 Å². The van der Waals surface area contributed by atoms with Crippen LogP contribution in [0.25, 0.3) is 11.0 Å². The van der Waals surface area contributed by atoms with Crippen molar-refractivity contribution in [2.45, 2.75) is 38.3 Å². The van der Waals surface area contributed by atoms with Gasteiger partial charge in [0.25, 0.3) is 0 Å². The molecule has 4 heterocycles. The van der Waals surface area contributed by atoms with Crippen LogP contribution in [0.5, 0.6) is 0 Å². The van der Waals surface area contributed by atoms with Crippen molar-refractivity contribution >= 4 is 46.2 Å². The molecule has 0 aliphatic carbocycles. The highest BCUT2D eigenvalue weighted by Gasteiger charge is 2.39. The van der Waals surface area contributed by atoms with Gasteiger partial charge in [0.2, 0.25) is 11.8 Å². The molecule has 1 saturated heterocycles. The van der Waals surface area contributed by atoms with Gasteiger partial charge in [0.1, 0.15) is 30.2 Å². The molecule has 2 aromatic heterocycles. The molecule has 0 saturated carbocycles. The van der Waals surface area contributed by atoms with Crippen molar-refractivity contribution in [3.05, 3.63) is 58.6 Å². The predicted octanol–water partition coefficient (Wildman–Crippen LogP) is 2.72. The first-order chi connectivity index (χ1) is 16.8. The Morgan fingerprint density at radius 3 is 2.94 bits per heavy atom. The second-order valence-corrected chi connectivity index (χ2v) is 8.88. The lowest BCUT2D eigenvalue weighted by atomic mass is 10.1. The van der Waals surface area contributed by atoms with Crippen molar-refractivity contribution in [1.29, 1.82) is 0 Å². The maximum atomic E-state index is 14.3. The lowest BCUT2D eigenvalue weighted by Gasteiger charge is -2.24. The molecule has 1 aromatic carbocycles. The van der Waals surface area contributed by atoms with E-state index in [2.05, 4.69) is 20.9 Å². The van der Waals surface area contributed by atoms with Crippen molar-refractivity contribution < 1.29 is 23.2 Å². The van der Waals surface area contributed by atoms with Gasteiger partial charge < -0.3 is 25.4 Å². The summed E-state index contributed by atoms with van der Waals surface area (Å²) < 4.78 is 30.0. The third-order valence-electron chi connectivity index (χ3n) is 6.21. The monoisotopic (exact) mass is 502 g/mol. The number of nitrogens with zero attached hydrogens (tertiary/aromatic N) is 3. The summed E-state index contributed by atoms with van der Waals surface area (Å²) in [4.78, 5) is 43.2. The Labute approximate surface area is 203 Å². The summed E-state index contributed by atoms with van der Waals surface area (Å²) in [7, 11) is 0. The largest absolute Gasteiger partial charge is 0.350 e. The zero-order valence-electron chi connectivity index (χ0n) is 18.4. The van der Waals surface area contributed by atoms with Gasteiger partial charge >= 0.3 is 6.03 Å². The number of hydrogen-bond donors (Lipinski definition) is 3. The lowest BCUT2D eigenvalue weighted by Crippen LogP contribution is -2.46. The van der Waals surface area contributed by atoms with Crippen molar-refractivity contribution in [3.63, 3.8) is 0 Å². The minimum Gasteiger partial charge on any atom is -0.350 e. The number of pyridine rings is 1. The highest BCUT2D eigenvalue weighted by molar-refractivity contribution is 6.30. The number of likely N-dealkylation sites (tertiary alicyclic amines) is 1. The molecular formula is C23H21ClF2N6O3. The Hall–Kier alpha value is -3.73. The summed E-state index contributed by atoms with van der Waals surface area (Å²) in [6.07, 6.45) is 1.77. The normalized spacial score (nSPS) is 19.3.